The molecular formula is C26H26N2O6S. The third-order valence-electron chi connectivity index (χ3n) is 7.05. The fourth-order valence-corrected chi connectivity index (χ4v) is 6.81. The lowest BCUT2D eigenvalue weighted by atomic mass is 10.0. The number of carbonyl (C=O) groups excluding carboxylic acids is 3. The molecule has 0 unspecified atom stereocenters. The number of hydrogen-bond acceptors (Lipinski definition) is 7. The number of amides is 2. The fourth-order valence-electron chi connectivity index (χ4n) is 5.39. The molecule has 35 heavy (non-hydrogen) atoms. The molecule has 6 rings (SSSR count). The summed E-state index contributed by atoms with van der Waals surface area (Å²) in [7, 11) is 0. The van der Waals surface area contributed by atoms with Crippen molar-refractivity contribution in [1.29, 1.82) is 0 Å². The summed E-state index contributed by atoms with van der Waals surface area (Å²) in [6.45, 7) is 1.48. The Balaban J connectivity index is 1.15. The van der Waals surface area contributed by atoms with Crippen LogP contribution in [-0.2, 0) is 19.1 Å². The van der Waals surface area contributed by atoms with Gasteiger partial charge in [-0.2, -0.15) is 0 Å². The van der Waals surface area contributed by atoms with E-state index in [0.29, 0.717) is 31.9 Å². The Hall–Kier alpha value is -3.20. The summed E-state index contributed by atoms with van der Waals surface area (Å²) in [5, 5.41) is 0. The fraction of sp³-hybridized carbons (Fsp3) is 0.423. The van der Waals surface area contributed by atoms with Crippen LogP contribution >= 0.6 is 11.8 Å². The first-order valence-corrected chi connectivity index (χ1v) is 12.9. The van der Waals surface area contributed by atoms with Gasteiger partial charge in [0.1, 0.15) is 0 Å². The average molecular weight is 495 g/mol. The van der Waals surface area contributed by atoms with E-state index >= 15 is 0 Å². The predicted octanol–water partition coefficient (Wildman–Crippen LogP) is 3.68. The van der Waals surface area contributed by atoms with Gasteiger partial charge in [-0.1, -0.05) is 30.0 Å². The van der Waals surface area contributed by atoms with E-state index in [9.17, 15) is 14.4 Å². The van der Waals surface area contributed by atoms with E-state index in [1.807, 2.05) is 42.5 Å². The van der Waals surface area contributed by atoms with Crippen LogP contribution in [0.1, 0.15) is 43.7 Å². The molecule has 2 fully saturated rings. The maximum atomic E-state index is 13.3. The number of ether oxygens (including phenoxy) is 3. The van der Waals surface area contributed by atoms with Crippen LogP contribution in [0.5, 0.6) is 11.5 Å². The lowest BCUT2D eigenvalue weighted by Crippen LogP contribution is -2.48. The largest absolute Gasteiger partial charge is 0.490 e. The van der Waals surface area contributed by atoms with Gasteiger partial charge >= 0.3 is 5.97 Å². The van der Waals surface area contributed by atoms with E-state index in [2.05, 4.69) is 0 Å². The van der Waals surface area contributed by atoms with Gasteiger partial charge in [0, 0.05) is 30.7 Å². The van der Waals surface area contributed by atoms with E-state index in [1.165, 1.54) is 11.8 Å². The normalized spacial score (nSPS) is 24.7. The highest BCUT2D eigenvalue weighted by molar-refractivity contribution is 8.02. The molecule has 0 spiro atoms. The first-order valence-electron chi connectivity index (χ1n) is 12.0. The van der Waals surface area contributed by atoms with Crippen molar-refractivity contribution < 1.29 is 28.6 Å². The molecule has 182 valence electrons. The second-order valence-electron chi connectivity index (χ2n) is 9.16. The number of benzene rings is 2. The summed E-state index contributed by atoms with van der Waals surface area (Å²) < 4.78 is 17.1. The molecule has 2 amide bonds. The molecule has 2 saturated heterocycles. The highest BCUT2D eigenvalue weighted by Gasteiger charge is 2.58. The van der Waals surface area contributed by atoms with E-state index in [0.717, 1.165) is 41.2 Å². The monoisotopic (exact) mass is 494 g/mol. The zero-order chi connectivity index (χ0) is 24.0. The molecule has 2 atom stereocenters. The van der Waals surface area contributed by atoms with Crippen LogP contribution in [-0.4, -0.2) is 53.9 Å². The molecule has 2 aromatic rings. The summed E-state index contributed by atoms with van der Waals surface area (Å²) in [5.41, 5.74) is 1.72. The van der Waals surface area contributed by atoms with Gasteiger partial charge in [-0.05, 0) is 42.7 Å². The Morgan fingerprint density at radius 2 is 1.91 bits per heavy atom. The van der Waals surface area contributed by atoms with Crippen molar-refractivity contribution in [2.45, 2.75) is 47.9 Å². The van der Waals surface area contributed by atoms with Crippen LogP contribution < -0.4 is 14.4 Å². The SMILES string of the molecule is O=C(COC(=O)[C@@]12CCC(=O)N1c1ccccc1S2)N1CCC[C@H]1c1ccc2c(c1)OCCCO2. The number of para-hydroxylation sites is 1. The number of hydrogen-bond donors (Lipinski definition) is 0. The molecule has 2 aromatic carbocycles. The molecular weight excluding hydrogens is 468 g/mol. The van der Waals surface area contributed by atoms with E-state index in [1.54, 1.807) is 9.80 Å². The van der Waals surface area contributed by atoms with Gasteiger partial charge in [0.05, 0.1) is 24.9 Å². The van der Waals surface area contributed by atoms with Crippen LogP contribution in [0.3, 0.4) is 0 Å². The summed E-state index contributed by atoms with van der Waals surface area (Å²) in [6.07, 6.45) is 3.18. The third kappa shape index (κ3) is 3.73. The van der Waals surface area contributed by atoms with Crippen LogP contribution in [0.4, 0.5) is 5.69 Å². The lowest BCUT2D eigenvalue weighted by Gasteiger charge is -2.29. The van der Waals surface area contributed by atoms with Crippen LogP contribution in [0, 0.1) is 0 Å². The third-order valence-corrected chi connectivity index (χ3v) is 8.50. The highest BCUT2D eigenvalue weighted by Crippen LogP contribution is 2.56. The van der Waals surface area contributed by atoms with Crippen molar-refractivity contribution in [2.24, 2.45) is 0 Å². The molecule has 0 aliphatic carbocycles. The molecule has 9 heteroatoms. The van der Waals surface area contributed by atoms with E-state index in [-0.39, 0.29) is 30.9 Å². The number of nitrogens with zero attached hydrogens (tertiary/aromatic N) is 2. The molecule has 0 saturated carbocycles. The zero-order valence-electron chi connectivity index (χ0n) is 19.2. The van der Waals surface area contributed by atoms with Crippen molar-refractivity contribution in [1.82, 2.24) is 4.90 Å². The summed E-state index contributed by atoms with van der Waals surface area (Å²) in [6, 6.07) is 13.2. The second-order valence-corrected chi connectivity index (χ2v) is 10.5. The van der Waals surface area contributed by atoms with Gasteiger partial charge in [-0.15, -0.1) is 0 Å². The number of likely N-dealkylation sites (tertiary alicyclic amines) is 1. The first kappa shape index (κ1) is 22.3. The van der Waals surface area contributed by atoms with Gasteiger partial charge in [-0.3, -0.25) is 14.5 Å². The minimum absolute atomic E-state index is 0.0975. The predicted molar refractivity (Wildman–Crippen MR) is 128 cm³/mol. The van der Waals surface area contributed by atoms with Crippen molar-refractivity contribution >= 4 is 35.2 Å². The van der Waals surface area contributed by atoms with Crippen molar-refractivity contribution in [3.05, 3.63) is 48.0 Å². The molecule has 8 nitrogen and oxygen atoms in total. The maximum absolute atomic E-state index is 13.3. The average Bonchev–Trinajstić information content (AvgIpc) is 3.52. The van der Waals surface area contributed by atoms with Crippen molar-refractivity contribution in [2.75, 3.05) is 31.3 Å². The molecule has 0 aromatic heterocycles. The minimum atomic E-state index is -1.13. The maximum Gasteiger partial charge on any atom is 0.344 e. The van der Waals surface area contributed by atoms with Gasteiger partial charge in [-0.25, -0.2) is 4.79 Å². The Labute approximate surface area is 207 Å². The highest BCUT2D eigenvalue weighted by atomic mass is 32.2. The Bertz CT molecular complexity index is 1200. The number of rotatable bonds is 4. The topological polar surface area (TPSA) is 85.4 Å². The second kappa shape index (κ2) is 8.78. The number of thioether (sulfide) groups is 1. The van der Waals surface area contributed by atoms with Crippen LogP contribution in [0.2, 0.25) is 0 Å². The molecule has 4 aliphatic rings. The quantitative estimate of drug-likeness (QED) is 0.600. The Morgan fingerprint density at radius 1 is 1.09 bits per heavy atom. The van der Waals surface area contributed by atoms with Gasteiger partial charge in [0.2, 0.25) is 5.91 Å². The molecule has 0 bridgehead atoms. The summed E-state index contributed by atoms with van der Waals surface area (Å²) >= 11 is 1.34. The minimum Gasteiger partial charge on any atom is -0.490 e. The van der Waals surface area contributed by atoms with Gasteiger partial charge in [0.15, 0.2) is 23.0 Å². The van der Waals surface area contributed by atoms with Crippen LogP contribution in [0.25, 0.3) is 0 Å². The van der Waals surface area contributed by atoms with Crippen molar-refractivity contribution in [3.63, 3.8) is 0 Å². The summed E-state index contributed by atoms with van der Waals surface area (Å²) in [4.78, 5) is 42.1. The smallest absolute Gasteiger partial charge is 0.344 e. The standard InChI is InChI=1S/C26H26N2O6S/c29-23-10-11-26(28(23)19-5-1-2-7-22(19)35-26)25(31)34-16-24(30)27-12-3-6-18(27)17-8-9-20-21(15-17)33-14-4-13-32-20/h1-2,5,7-9,15,18H,3-4,6,10-14,16H2/t18-,26-/m0/s1. The number of carbonyl (C=O) groups is 3. The Kier molecular flexibility index (Phi) is 5.59. The number of fused-ring (bicyclic) bond motifs is 4. The van der Waals surface area contributed by atoms with E-state index < -0.39 is 10.8 Å². The van der Waals surface area contributed by atoms with Crippen LogP contribution in [0.15, 0.2) is 47.4 Å². The van der Waals surface area contributed by atoms with E-state index in [4.69, 9.17) is 14.2 Å². The first-order chi connectivity index (χ1) is 17.1. The lowest BCUT2D eigenvalue weighted by molar-refractivity contribution is -0.154. The molecule has 4 aliphatic heterocycles. The zero-order valence-corrected chi connectivity index (χ0v) is 20.1. The van der Waals surface area contributed by atoms with Gasteiger partial charge in [0.25, 0.3) is 5.91 Å². The molecule has 0 N–H and O–H groups in total. The van der Waals surface area contributed by atoms with Gasteiger partial charge < -0.3 is 19.1 Å². The molecule has 0 radical (unpaired) electrons. The number of anilines is 1. The Morgan fingerprint density at radius 3 is 2.80 bits per heavy atom. The molecule has 4 heterocycles. The van der Waals surface area contributed by atoms with Crippen molar-refractivity contribution in [3.8, 4) is 11.5 Å². The summed E-state index contributed by atoms with van der Waals surface area (Å²) in [5.74, 6) is 0.555. The number of esters is 1.